The summed E-state index contributed by atoms with van der Waals surface area (Å²) in [7, 11) is 1.33. The molecule has 0 bridgehead atoms. The molecule has 0 aromatic heterocycles. The van der Waals surface area contributed by atoms with Gasteiger partial charge in [0.2, 0.25) is 0 Å². The Morgan fingerprint density at radius 1 is 0.839 bits per heavy atom. The normalized spacial score (nSPS) is 11.4. The van der Waals surface area contributed by atoms with E-state index in [4.69, 9.17) is 0 Å². The summed E-state index contributed by atoms with van der Waals surface area (Å²) < 4.78 is 93.4. The van der Waals surface area contributed by atoms with Gasteiger partial charge in [-0.25, -0.2) is 17.6 Å². The molecule has 0 spiro atoms. The summed E-state index contributed by atoms with van der Waals surface area (Å²) in [6.07, 6.45) is -4.79. The lowest BCUT2D eigenvalue weighted by Gasteiger charge is -2.24. The number of rotatable bonds is 4. The molecule has 10 heteroatoms. The van der Waals surface area contributed by atoms with Crippen LogP contribution in [0.3, 0.4) is 0 Å². The van der Waals surface area contributed by atoms with Crippen molar-refractivity contribution in [3.63, 3.8) is 0 Å². The number of amides is 1. The maximum atomic E-state index is 13.7. The van der Waals surface area contributed by atoms with Gasteiger partial charge in [0.15, 0.2) is 0 Å². The zero-order valence-electron chi connectivity index (χ0n) is 15.7. The molecule has 3 aromatic carbocycles. The van der Waals surface area contributed by atoms with Crippen molar-refractivity contribution in [3.05, 3.63) is 89.0 Å². The van der Waals surface area contributed by atoms with Crippen LogP contribution < -0.4 is 10.2 Å². The molecular weight excluding hydrogens is 429 g/mol. The molecule has 0 aliphatic heterocycles. The fraction of sp³-hybridized carbons (Fsp3) is 0.0952. The average molecular weight is 442 g/mol. The molecule has 0 saturated carbocycles. The number of benzene rings is 3. The molecule has 0 heterocycles. The molecular formula is C21H13F7N2O. The van der Waals surface area contributed by atoms with Gasteiger partial charge in [-0.05, 0) is 42.5 Å². The molecule has 162 valence electrons. The third-order valence-corrected chi connectivity index (χ3v) is 4.37. The van der Waals surface area contributed by atoms with Crippen molar-refractivity contribution in [3.8, 4) is 0 Å². The monoisotopic (exact) mass is 442 g/mol. The number of nitrogens with one attached hydrogen (secondary N) is 1. The van der Waals surface area contributed by atoms with E-state index in [1.807, 2.05) is 0 Å². The number of carbonyl (C=O) groups excluding carboxylic acids is 1. The SMILES string of the molecule is CN(c1ccc(NC(=O)c2c(F)cc(F)cc2F)cc1)c1ccc(F)cc1C(F)(F)F. The summed E-state index contributed by atoms with van der Waals surface area (Å²) >= 11 is 0. The third-order valence-electron chi connectivity index (χ3n) is 4.37. The smallest absolute Gasteiger partial charge is 0.344 e. The molecule has 0 unspecified atom stereocenters. The largest absolute Gasteiger partial charge is 0.418 e. The number of nitrogens with zero attached hydrogens (tertiary/aromatic N) is 1. The van der Waals surface area contributed by atoms with Crippen LogP contribution in [0.1, 0.15) is 15.9 Å². The lowest BCUT2D eigenvalue weighted by molar-refractivity contribution is -0.137. The van der Waals surface area contributed by atoms with E-state index in [1.54, 1.807) is 0 Å². The minimum absolute atomic E-state index is 0.0837. The van der Waals surface area contributed by atoms with E-state index in [-0.39, 0.29) is 17.1 Å². The second-order valence-corrected chi connectivity index (χ2v) is 6.46. The molecule has 1 amide bonds. The number of carbonyl (C=O) groups is 1. The average Bonchev–Trinajstić information content (AvgIpc) is 2.66. The van der Waals surface area contributed by atoms with E-state index >= 15 is 0 Å². The Hall–Kier alpha value is -3.56. The quantitative estimate of drug-likeness (QED) is 0.483. The Morgan fingerprint density at radius 3 is 1.97 bits per heavy atom. The van der Waals surface area contributed by atoms with Crippen LogP contribution >= 0.6 is 0 Å². The third kappa shape index (κ3) is 4.79. The highest BCUT2D eigenvalue weighted by molar-refractivity contribution is 6.04. The van der Waals surface area contributed by atoms with Crippen LogP contribution in [0.15, 0.2) is 54.6 Å². The van der Waals surface area contributed by atoms with E-state index in [0.717, 1.165) is 17.0 Å². The van der Waals surface area contributed by atoms with Gasteiger partial charge in [0.1, 0.15) is 28.8 Å². The van der Waals surface area contributed by atoms with Crippen LogP contribution in [-0.2, 0) is 6.18 Å². The number of alkyl halides is 3. The van der Waals surface area contributed by atoms with Crippen molar-refractivity contribution in [2.75, 3.05) is 17.3 Å². The van der Waals surface area contributed by atoms with E-state index in [0.29, 0.717) is 18.2 Å². The second-order valence-electron chi connectivity index (χ2n) is 6.46. The second kappa shape index (κ2) is 8.29. The zero-order chi connectivity index (χ0) is 22.9. The minimum atomic E-state index is -4.79. The molecule has 3 aromatic rings. The standard InChI is InChI=1S/C21H13F7N2O/c1-30(18-7-2-11(22)8-15(18)21(26,27)28)14-5-3-13(4-6-14)29-20(31)19-16(24)9-12(23)10-17(19)25/h2-10H,1H3,(H,29,31). The van der Waals surface area contributed by atoms with Gasteiger partial charge in [-0.1, -0.05) is 0 Å². The van der Waals surface area contributed by atoms with Crippen LogP contribution in [0, 0.1) is 23.3 Å². The van der Waals surface area contributed by atoms with Gasteiger partial charge in [0, 0.05) is 30.6 Å². The number of halogens is 7. The fourth-order valence-electron chi connectivity index (χ4n) is 2.89. The van der Waals surface area contributed by atoms with Crippen LogP contribution in [0.5, 0.6) is 0 Å². The first-order valence-corrected chi connectivity index (χ1v) is 8.64. The first kappa shape index (κ1) is 22.1. The first-order valence-electron chi connectivity index (χ1n) is 8.64. The number of hydrogen-bond acceptors (Lipinski definition) is 2. The summed E-state index contributed by atoms with van der Waals surface area (Å²) in [6, 6.07) is 8.24. The summed E-state index contributed by atoms with van der Waals surface area (Å²) in [5.74, 6) is -6.17. The lowest BCUT2D eigenvalue weighted by atomic mass is 10.1. The summed E-state index contributed by atoms with van der Waals surface area (Å²) in [5.41, 5.74) is -2.12. The Labute approximate surface area is 171 Å². The first-order chi connectivity index (χ1) is 14.5. The Bertz CT molecular complexity index is 1100. The van der Waals surface area contributed by atoms with Gasteiger partial charge >= 0.3 is 6.18 Å². The summed E-state index contributed by atoms with van der Waals surface area (Å²) in [6.45, 7) is 0. The predicted octanol–water partition coefficient (Wildman–Crippen LogP) is 6.28. The van der Waals surface area contributed by atoms with E-state index in [9.17, 15) is 35.5 Å². The maximum Gasteiger partial charge on any atom is 0.418 e. The van der Waals surface area contributed by atoms with Crippen molar-refractivity contribution >= 4 is 23.0 Å². The maximum absolute atomic E-state index is 13.7. The number of hydrogen-bond donors (Lipinski definition) is 1. The van der Waals surface area contributed by atoms with Crippen LogP contribution in [0.2, 0.25) is 0 Å². The highest BCUT2D eigenvalue weighted by Gasteiger charge is 2.35. The Morgan fingerprint density at radius 2 is 1.42 bits per heavy atom. The summed E-state index contributed by atoms with van der Waals surface area (Å²) in [4.78, 5) is 13.3. The molecule has 0 aliphatic rings. The molecule has 3 nitrogen and oxygen atoms in total. The zero-order valence-corrected chi connectivity index (χ0v) is 15.7. The van der Waals surface area contributed by atoms with E-state index in [2.05, 4.69) is 5.32 Å². The lowest BCUT2D eigenvalue weighted by Crippen LogP contribution is -2.18. The molecule has 0 fully saturated rings. The van der Waals surface area contributed by atoms with E-state index in [1.165, 1.54) is 31.3 Å². The van der Waals surface area contributed by atoms with Crippen LogP contribution in [-0.4, -0.2) is 13.0 Å². The van der Waals surface area contributed by atoms with E-state index < -0.39 is 46.5 Å². The topological polar surface area (TPSA) is 32.3 Å². The molecule has 0 saturated heterocycles. The van der Waals surface area contributed by atoms with Gasteiger partial charge in [0.25, 0.3) is 5.91 Å². The van der Waals surface area contributed by atoms with Crippen molar-refractivity contribution in [1.82, 2.24) is 0 Å². The number of anilines is 3. The molecule has 0 atom stereocenters. The van der Waals surface area contributed by atoms with Crippen molar-refractivity contribution in [2.24, 2.45) is 0 Å². The van der Waals surface area contributed by atoms with Crippen LogP contribution in [0.25, 0.3) is 0 Å². The molecule has 31 heavy (non-hydrogen) atoms. The fourth-order valence-corrected chi connectivity index (χ4v) is 2.89. The van der Waals surface area contributed by atoms with Crippen molar-refractivity contribution < 1.29 is 35.5 Å². The summed E-state index contributed by atoms with van der Waals surface area (Å²) in [5, 5.41) is 2.22. The van der Waals surface area contributed by atoms with Gasteiger partial charge in [-0.2, -0.15) is 13.2 Å². The van der Waals surface area contributed by atoms with Crippen LogP contribution in [0.4, 0.5) is 47.8 Å². The van der Waals surface area contributed by atoms with Gasteiger partial charge < -0.3 is 10.2 Å². The molecule has 1 N–H and O–H groups in total. The predicted molar refractivity (Wildman–Crippen MR) is 100 cm³/mol. The van der Waals surface area contributed by atoms with Crippen molar-refractivity contribution in [1.29, 1.82) is 0 Å². The molecule has 0 radical (unpaired) electrons. The highest BCUT2D eigenvalue weighted by Crippen LogP contribution is 2.39. The Balaban J connectivity index is 1.84. The van der Waals surface area contributed by atoms with Gasteiger partial charge in [0.05, 0.1) is 11.3 Å². The van der Waals surface area contributed by atoms with Gasteiger partial charge in [-0.3, -0.25) is 4.79 Å². The minimum Gasteiger partial charge on any atom is -0.344 e. The molecule has 0 aliphatic carbocycles. The van der Waals surface area contributed by atoms with Crippen molar-refractivity contribution in [2.45, 2.75) is 6.18 Å². The Kier molecular flexibility index (Phi) is 5.92. The van der Waals surface area contributed by atoms with Gasteiger partial charge in [-0.15, -0.1) is 0 Å². The molecule has 3 rings (SSSR count). The highest BCUT2D eigenvalue weighted by atomic mass is 19.4.